The second-order valence-corrected chi connectivity index (χ2v) is 7.04. The number of aromatic carboxylic acids is 1. The largest absolute Gasteiger partial charge is 0.478 e. The molecule has 7 heteroatoms. The summed E-state index contributed by atoms with van der Waals surface area (Å²) in [6.45, 7) is 0. The van der Waals surface area contributed by atoms with E-state index >= 15 is 0 Å². The van der Waals surface area contributed by atoms with Crippen LogP contribution in [0, 0.1) is 5.82 Å². The van der Waals surface area contributed by atoms with Crippen LogP contribution in [-0.4, -0.2) is 19.5 Å². The zero-order valence-electron chi connectivity index (χ0n) is 12.0. The van der Waals surface area contributed by atoms with Crippen LogP contribution >= 0.6 is 0 Å². The van der Waals surface area contributed by atoms with E-state index in [1.54, 1.807) is 12.1 Å². The third kappa shape index (κ3) is 3.05. The van der Waals surface area contributed by atoms with Gasteiger partial charge >= 0.3 is 5.97 Å². The van der Waals surface area contributed by atoms with Gasteiger partial charge in [-0.1, -0.05) is 6.07 Å². The topological polar surface area (TPSA) is 83.5 Å². The zero-order chi connectivity index (χ0) is 16.6. The van der Waals surface area contributed by atoms with Crippen molar-refractivity contribution in [3.05, 3.63) is 58.9 Å². The van der Waals surface area contributed by atoms with E-state index in [0.29, 0.717) is 5.69 Å². The van der Waals surface area contributed by atoms with Crippen LogP contribution in [0.4, 0.5) is 10.1 Å². The van der Waals surface area contributed by atoms with Gasteiger partial charge in [0.15, 0.2) is 0 Å². The molecule has 0 amide bonds. The average molecular weight is 335 g/mol. The van der Waals surface area contributed by atoms with Crippen molar-refractivity contribution in [2.75, 3.05) is 4.72 Å². The highest BCUT2D eigenvalue weighted by Crippen LogP contribution is 2.27. The highest BCUT2D eigenvalue weighted by atomic mass is 32.2. The number of halogens is 1. The third-order valence-electron chi connectivity index (χ3n) is 3.82. The summed E-state index contributed by atoms with van der Waals surface area (Å²) >= 11 is 0. The molecule has 0 heterocycles. The number of benzene rings is 2. The third-order valence-corrected chi connectivity index (χ3v) is 5.21. The van der Waals surface area contributed by atoms with Gasteiger partial charge in [-0.05, 0) is 60.7 Å². The fourth-order valence-electron chi connectivity index (χ4n) is 2.69. The van der Waals surface area contributed by atoms with Gasteiger partial charge in [0.1, 0.15) is 10.7 Å². The molecule has 23 heavy (non-hydrogen) atoms. The molecule has 1 aliphatic carbocycles. The van der Waals surface area contributed by atoms with Gasteiger partial charge in [0.05, 0.1) is 5.56 Å². The smallest absolute Gasteiger partial charge is 0.335 e. The molecule has 1 aliphatic rings. The number of fused-ring (bicyclic) bond motifs is 1. The van der Waals surface area contributed by atoms with Gasteiger partial charge in [0.25, 0.3) is 10.0 Å². The van der Waals surface area contributed by atoms with Crippen LogP contribution in [0.5, 0.6) is 0 Å². The van der Waals surface area contributed by atoms with Crippen molar-refractivity contribution in [1.29, 1.82) is 0 Å². The summed E-state index contributed by atoms with van der Waals surface area (Å²) in [6.07, 6.45) is 2.88. The first-order valence-electron chi connectivity index (χ1n) is 7.04. The Balaban J connectivity index is 1.96. The van der Waals surface area contributed by atoms with Crippen LogP contribution in [0.1, 0.15) is 27.9 Å². The van der Waals surface area contributed by atoms with Crippen molar-refractivity contribution < 1.29 is 22.7 Å². The number of carbonyl (C=O) groups is 1. The van der Waals surface area contributed by atoms with E-state index < -0.39 is 26.7 Å². The second-order valence-electron chi connectivity index (χ2n) is 5.39. The van der Waals surface area contributed by atoms with Gasteiger partial charge in [-0.25, -0.2) is 17.6 Å². The quantitative estimate of drug-likeness (QED) is 0.900. The molecule has 0 spiro atoms. The second kappa shape index (κ2) is 5.66. The lowest BCUT2D eigenvalue weighted by Gasteiger charge is -2.11. The predicted molar refractivity (Wildman–Crippen MR) is 82.6 cm³/mol. The molecular formula is C16H14FNO4S. The molecule has 5 nitrogen and oxygen atoms in total. The maximum atomic E-state index is 13.8. The summed E-state index contributed by atoms with van der Waals surface area (Å²) in [4.78, 5) is 10.3. The summed E-state index contributed by atoms with van der Waals surface area (Å²) in [5.41, 5.74) is 2.31. The molecular weight excluding hydrogens is 321 g/mol. The molecule has 0 aliphatic heterocycles. The molecule has 2 aromatic rings. The van der Waals surface area contributed by atoms with Gasteiger partial charge in [0.2, 0.25) is 0 Å². The first-order valence-corrected chi connectivity index (χ1v) is 8.52. The van der Waals surface area contributed by atoms with Crippen LogP contribution < -0.4 is 4.72 Å². The van der Waals surface area contributed by atoms with E-state index in [1.807, 2.05) is 6.07 Å². The normalized spacial score (nSPS) is 13.6. The van der Waals surface area contributed by atoms with E-state index in [2.05, 4.69) is 4.72 Å². The minimum atomic E-state index is -4.21. The number of carboxylic acids is 1. The predicted octanol–water partition coefficient (Wildman–Crippen LogP) is 2.81. The molecule has 0 radical (unpaired) electrons. The molecule has 0 aromatic heterocycles. The Morgan fingerprint density at radius 3 is 2.57 bits per heavy atom. The Hall–Kier alpha value is -2.41. The van der Waals surface area contributed by atoms with Crippen LogP contribution in [0.2, 0.25) is 0 Å². The van der Waals surface area contributed by atoms with Crippen molar-refractivity contribution in [2.45, 2.75) is 24.2 Å². The number of carboxylic acid groups (broad SMARTS) is 1. The molecule has 3 rings (SSSR count). The van der Waals surface area contributed by atoms with E-state index in [1.165, 1.54) is 5.56 Å². The Morgan fingerprint density at radius 2 is 1.83 bits per heavy atom. The molecule has 2 aromatic carbocycles. The van der Waals surface area contributed by atoms with E-state index in [4.69, 9.17) is 5.11 Å². The molecule has 0 fully saturated rings. The number of rotatable bonds is 4. The molecule has 0 atom stereocenters. The minimum absolute atomic E-state index is 0.291. The summed E-state index contributed by atoms with van der Waals surface area (Å²) in [5.74, 6) is -2.32. The first kappa shape index (κ1) is 15.5. The highest BCUT2D eigenvalue weighted by molar-refractivity contribution is 7.92. The van der Waals surface area contributed by atoms with E-state index in [9.17, 15) is 17.6 Å². The highest BCUT2D eigenvalue weighted by Gasteiger charge is 2.22. The fraction of sp³-hybridized carbons (Fsp3) is 0.188. The number of sulfonamides is 1. The number of hydrogen-bond donors (Lipinski definition) is 2. The van der Waals surface area contributed by atoms with Gasteiger partial charge < -0.3 is 5.11 Å². The van der Waals surface area contributed by atoms with Crippen molar-refractivity contribution in [1.82, 2.24) is 0 Å². The lowest BCUT2D eigenvalue weighted by Crippen LogP contribution is -2.15. The van der Waals surface area contributed by atoms with Crippen LogP contribution in [-0.2, 0) is 22.9 Å². The van der Waals surface area contributed by atoms with Crippen molar-refractivity contribution in [3.63, 3.8) is 0 Å². The summed E-state index contributed by atoms with van der Waals surface area (Å²) in [7, 11) is -4.21. The first-order chi connectivity index (χ1) is 10.9. The van der Waals surface area contributed by atoms with E-state index in [-0.39, 0.29) is 5.56 Å². The Kier molecular flexibility index (Phi) is 3.81. The standard InChI is InChI=1S/C16H14FNO4S/c17-14-7-5-12(16(19)20)9-15(14)23(21,22)18-13-6-4-10-2-1-3-11(10)8-13/h4-9,18H,1-3H2,(H,19,20). The van der Waals surface area contributed by atoms with Gasteiger partial charge in [-0.3, -0.25) is 4.72 Å². The van der Waals surface area contributed by atoms with Gasteiger partial charge in [-0.15, -0.1) is 0 Å². The van der Waals surface area contributed by atoms with Crippen LogP contribution in [0.25, 0.3) is 0 Å². The Morgan fingerprint density at radius 1 is 1.09 bits per heavy atom. The Bertz CT molecular complexity index is 893. The minimum Gasteiger partial charge on any atom is -0.478 e. The molecule has 2 N–H and O–H groups in total. The molecule has 0 unspecified atom stereocenters. The monoisotopic (exact) mass is 335 g/mol. The molecule has 120 valence electrons. The van der Waals surface area contributed by atoms with Crippen LogP contribution in [0.15, 0.2) is 41.3 Å². The zero-order valence-corrected chi connectivity index (χ0v) is 12.9. The van der Waals surface area contributed by atoms with E-state index in [0.717, 1.165) is 43.0 Å². The van der Waals surface area contributed by atoms with Crippen molar-refractivity contribution in [3.8, 4) is 0 Å². The van der Waals surface area contributed by atoms with Crippen molar-refractivity contribution in [2.24, 2.45) is 0 Å². The maximum absolute atomic E-state index is 13.8. The average Bonchev–Trinajstić information content (AvgIpc) is 2.94. The SMILES string of the molecule is O=C(O)c1ccc(F)c(S(=O)(=O)Nc2ccc3c(c2)CCC3)c1. The van der Waals surface area contributed by atoms with Crippen molar-refractivity contribution >= 4 is 21.7 Å². The molecule has 0 saturated carbocycles. The number of anilines is 1. The summed E-state index contributed by atoms with van der Waals surface area (Å²) < 4.78 is 40.9. The summed E-state index contributed by atoms with van der Waals surface area (Å²) in [5, 5.41) is 8.92. The Labute approximate surface area is 132 Å². The number of aryl methyl sites for hydroxylation is 2. The number of nitrogens with one attached hydrogen (secondary N) is 1. The number of hydrogen-bond acceptors (Lipinski definition) is 3. The molecule has 0 bridgehead atoms. The lowest BCUT2D eigenvalue weighted by molar-refractivity contribution is 0.0696. The molecule has 0 saturated heterocycles. The van der Waals surface area contributed by atoms with Gasteiger partial charge in [-0.2, -0.15) is 0 Å². The lowest BCUT2D eigenvalue weighted by atomic mass is 10.1. The van der Waals surface area contributed by atoms with Crippen LogP contribution in [0.3, 0.4) is 0 Å². The van der Waals surface area contributed by atoms with Gasteiger partial charge in [0, 0.05) is 5.69 Å². The maximum Gasteiger partial charge on any atom is 0.335 e. The fourth-order valence-corrected chi connectivity index (χ4v) is 3.84. The summed E-state index contributed by atoms with van der Waals surface area (Å²) in [6, 6.07) is 7.88.